The molecule has 0 bridgehead atoms. The summed E-state index contributed by atoms with van der Waals surface area (Å²) in [5, 5.41) is 10.6. The van der Waals surface area contributed by atoms with Gasteiger partial charge in [0.2, 0.25) is 0 Å². The lowest BCUT2D eigenvalue weighted by Crippen LogP contribution is -2.04. The number of anilines is 3. The van der Waals surface area contributed by atoms with Crippen molar-refractivity contribution in [1.82, 2.24) is 14.5 Å². The zero-order valence-corrected chi connectivity index (χ0v) is 13.2. The van der Waals surface area contributed by atoms with Crippen molar-refractivity contribution < 1.29 is 0 Å². The minimum Gasteiger partial charge on any atom is -0.383 e. The van der Waals surface area contributed by atoms with Gasteiger partial charge in [-0.2, -0.15) is 0 Å². The van der Waals surface area contributed by atoms with Gasteiger partial charge in [0, 0.05) is 30.0 Å². The van der Waals surface area contributed by atoms with Crippen LogP contribution < -0.4 is 11.1 Å². The first-order chi connectivity index (χ1) is 11.3. The molecular weight excluding hydrogens is 288 g/mol. The molecule has 0 radical (unpaired) electrons. The molecule has 0 atom stereocenters. The predicted octanol–water partition coefficient (Wildman–Crippen LogP) is 3.62. The number of aromatic nitrogens is 3. The number of nitrogens with one attached hydrogen (secondary N) is 2. The molecule has 0 unspecified atom stereocenters. The summed E-state index contributed by atoms with van der Waals surface area (Å²) in [4.78, 5) is 8.02. The van der Waals surface area contributed by atoms with E-state index in [-0.39, 0.29) is 5.82 Å². The lowest BCUT2D eigenvalue weighted by Gasteiger charge is -2.11. The van der Waals surface area contributed by atoms with Crippen LogP contribution in [0.2, 0.25) is 0 Å². The molecule has 6 heteroatoms. The van der Waals surface area contributed by atoms with E-state index in [0.717, 1.165) is 17.6 Å². The zero-order valence-electron chi connectivity index (χ0n) is 13.2. The SMILES string of the molecule is CC.N=Cc1c(N)ncnc1Nc1cccc(-n2cccc2)c1. The Hall–Kier alpha value is -3.15. The maximum Gasteiger partial charge on any atom is 0.144 e. The van der Waals surface area contributed by atoms with E-state index in [1.54, 1.807) is 0 Å². The number of nitrogen functional groups attached to an aromatic ring is 1. The van der Waals surface area contributed by atoms with Crippen molar-refractivity contribution >= 4 is 23.5 Å². The van der Waals surface area contributed by atoms with Gasteiger partial charge in [0.15, 0.2) is 0 Å². The summed E-state index contributed by atoms with van der Waals surface area (Å²) in [5.74, 6) is 0.797. The number of hydrogen-bond donors (Lipinski definition) is 3. The quantitative estimate of drug-likeness (QED) is 0.642. The topological polar surface area (TPSA) is 92.6 Å². The highest BCUT2D eigenvalue weighted by atomic mass is 15.0. The van der Waals surface area contributed by atoms with Crippen LogP contribution in [0.1, 0.15) is 19.4 Å². The molecule has 0 amide bonds. The van der Waals surface area contributed by atoms with Crippen molar-refractivity contribution in [1.29, 1.82) is 5.41 Å². The molecule has 23 heavy (non-hydrogen) atoms. The molecule has 2 heterocycles. The lowest BCUT2D eigenvalue weighted by molar-refractivity contribution is 1.08. The number of nitrogens with zero attached hydrogens (tertiary/aromatic N) is 3. The molecule has 0 spiro atoms. The number of benzene rings is 1. The molecular formula is C17H20N6. The van der Waals surface area contributed by atoms with Crippen molar-refractivity contribution in [2.24, 2.45) is 0 Å². The minimum absolute atomic E-state index is 0.282. The van der Waals surface area contributed by atoms with Gasteiger partial charge >= 0.3 is 0 Å². The maximum atomic E-state index is 7.42. The fourth-order valence-corrected chi connectivity index (χ4v) is 2.04. The van der Waals surface area contributed by atoms with Crippen LogP contribution in [-0.2, 0) is 0 Å². The Morgan fingerprint density at radius 2 is 1.87 bits per heavy atom. The van der Waals surface area contributed by atoms with Crippen molar-refractivity contribution in [3.8, 4) is 5.69 Å². The molecule has 118 valence electrons. The molecule has 3 rings (SSSR count). The summed E-state index contributed by atoms with van der Waals surface area (Å²) in [7, 11) is 0. The van der Waals surface area contributed by atoms with Gasteiger partial charge in [-0.15, -0.1) is 0 Å². The van der Waals surface area contributed by atoms with E-state index in [4.69, 9.17) is 11.1 Å². The lowest BCUT2D eigenvalue weighted by atomic mass is 10.2. The zero-order chi connectivity index (χ0) is 16.7. The van der Waals surface area contributed by atoms with Crippen molar-refractivity contribution in [3.63, 3.8) is 0 Å². The van der Waals surface area contributed by atoms with Crippen LogP contribution in [0.5, 0.6) is 0 Å². The molecule has 0 aliphatic heterocycles. The monoisotopic (exact) mass is 308 g/mol. The van der Waals surface area contributed by atoms with Gasteiger partial charge in [0.1, 0.15) is 18.0 Å². The van der Waals surface area contributed by atoms with E-state index in [1.807, 2.05) is 67.2 Å². The number of nitrogens with two attached hydrogens (primary N) is 1. The first kappa shape index (κ1) is 16.2. The van der Waals surface area contributed by atoms with Crippen molar-refractivity contribution in [2.45, 2.75) is 13.8 Å². The van der Waals surface area contributed by atoms with E-state index in [9.17, 15) is 0 Å². The first-order valence-corrected chi connectivity index (χ1v) is 7.39. The number of rotatable bonds is 4. The van der Waals surface area contributed by atoms with Gasteiger partial charge in [0.25, 0.3) is 0 Å². The van der Waals surface area contributed by atoms with E-state index in [1.165, 1.54) is 6.33 Å². The predicted molar refractivity (Wildman–Crippen MR) is 94.7 cm³/mol. The summed E-state index contributed by atoms with van der Waals surface area (Å²) < 4.78 is 2.01. The average molecular weight is 308 g/mol. The molecule has 3 aromatic rings. The van der Waals surface area contributed by atoms with Crippen LogP contribution in [0.3, 0.4) is 0 Å². The third-order valence-electron chi connectivity index (χ3n) is 3.07. The highest BCUT2D eigenvalue weighted by molar-refractivity contribution is 5.91. The Morgan fingerprint density at radius 3 is 2.57 bits per heavy atom. The molecule has 1 aromatic carbocycles. The Kier molecular flexibility index (Phi) is 5.46. The fourth-order valence-electron chi connectivity index (χ4n) is 2.04. The highest BCUT2D eigenvalue weighted by Gasteiger charge is 2.07. The normalized spacial score (nSPS) is 9.65. The summed E-state index contributed by atoms with van der Waals surface area (Å²) >= 11 is 0. The van der Waals surface area contributed by atoms with Gasteiger partial charge in [-0.25, -0.2) is 9.97 Å². The molecule has 0 saturated carbocycles. The van der Waals surface area contributed by atoms with Crippen LogP contribution >= 0.6 is 0 Å². The van der Waals surface area contributed by atoms with E-state index in [0.29, 0.717) is 11.4 Å². The molecule has 0 aliphatic carbocycles. The maximum absolute atomic E-state index is 7.42. The van der Waals surface area contributed by atoms with Gasteiger partial charge in [-0.05, 0) is 30.3 Å². The highest BCUT2D eigenvalue weighted by Crippen LogP contribution is 2.22. The Balaban J connectivity index is 0.000000924. The summed E-state index contributed by atoms with van der Waals surface area (Å²) in [5.41, 5.74) is 8.12. The van der Waals surface area contributed by atoms with Crippen LogP contribution in [-0.4, -0.2) is 20.7 Å². The summed E-state index contributed by atoms with van der Waals surface area (Å²) in [6.07, 6.45) is 6.48. The summed E-state index contributed by atoms with van der Waals surface area (Å²) in [6, 6.07) is 11.8. The molecule has 0 aliphatic rings. The second-order valence-corrected chi connectivity index (χ2v) is 4.43. The Morgan fingerprint density at radius 1 is 1.13 bits per heavy atom. The fraction of sp³-hybridized carbons (Fsp3) is 0.118. The van der Waals surface area contributed by atoms with Crippen LogP contribution in [0, 0.1) is 5.41 Å². The number of hydrogen-bond acceptors (Lipinski definition) is 5. The molecule has 0 saturated heterocycles. The van der Waals surface area contributed by atoms with Crippen molar-refractivity contribution in [2.75, 3.05) is 11.1 Å². The third kappa shape index (κ3) is 3.74. The molecule has 2 aromatic heterocycles. The Bertz CT molecular complexity index is 765. The largest absolute Gasteiger partial charge is 0.383 e. The summed E-state index contributed by atoms with van der Waals surface area (Å²) in [6.45, 7) is 4.00. The van der Waals surface area contributed by atoms with Gasteiger partial charge < -0.3 is 21.0 Å². The van der Waals surface area contributed by atoms with Crippen molar-refractivity contribution in [3.05, 3.63) is 60.7 Å². The molecule has 0 fully saturated rings. The molecule has 6 nitrogen and oxygen atoms in total. The van der Waals surface area contributed by atoms with E-state index in [2.05, 4.69) is 15.3 Å². The van der Waals surface area contributed by atoms with Gasteiger partial charge in [-0.1, -0.05) is 19.9 Å². The van der Waals surface area contributed by atoms with Crippen LogP contribution in [0.15, 0.2) is 55.1 Å². The van der Waals surface area contributed by atoms with Crippen LogP contribution in [0.4, 0.5) is 17.3 Å². The first-order valence-electron chi connectivity index (χ1n) is 7.39. The second kappa shape index (κ2) is 7.74. The third-order valence-corrected chi connectivity index (χ3v) is 3.07. The van der Waals surface area contributed by atoms with E-state index >= 15 is 0 Å². The van der Waals surface area contributed by atoms with Crippen LogP contribution in [0.25, 0.3) is 5.69 Å². The Labute approximate surface area is 135 Å². The second-order valence-electron chi connectivity index (χ2n) is 4.43. The standard InChI is InChI=1S/C15H14N6.C2H6/c16-9-13-14(17)18-10-19-15(13)20-11-4-3-5-12(8-11)21-6-1-2-7-21;1-2/h1-10,16H,(H3,17,18,19,20);1-2H3. The average Bonchev–Trinajstić information content (AvgIpc) is 3.12. The van der Waals surface area contributed by atoms with Gasteiger partial charge in [0.05, 0.1) is 5.56 Å². The minimum atomic E-state index is 0.282. The van der Waals surface area contributed by atoms with E-state index < -0.39 is 0 Å². The molecule has 4 N–H and O–H groups in total. The smallest absolute Gasteiger partial charge is 0.144 e. The van der Waals surface area contributed by atoms with Gasteiger partial charge in [-0.3, -0.25) is 0 Å².